The second kappa shape index (κ2) is 23.0. The molecule has 0 spiro atoms. The van der Waals surface area contributed by atoms with Crippen molar-refractivity contribution in [2.24, 2.45) is 0 Å². The molecule has 1 unspecified atom stereocenters. The molecule has 14 nitrogen and oxygen atoms in total. The van der Waals surface area contributed by atoms with Gasteiger partial charge in [0.15, 0.2) is 0 Å². The summed E-state index contributed by atoms with van der Waals surface area (Å²) < 4.78 is 39.6. The topological polar surface area (TPSA) is 207 Å². The van der Waals surface area contributed by atoms with E-state index in [9.17, 15) is 52.5 Å². The average molecular weight is 792 g/mol. The number of alkyl halides is 3. The number of carboxylic acid groups (broad SMARTS) is 3. The van der Waals surface area contributed by atoms with Gasteiger partial charge in [0.25, 0.3) is 5.91 Å². The molecule has 0 saturated carbocycles. The Hall–Kier alpha value is -3.78. The van der Waals surface area contributed by atoms with E-state index in [0.717, 1.165) is 12.1 Å². The summed E-state index contributed by atoms with van der Waals surface area (Å²) >= 11 is 0. The van der Waals surface area contributed by atoms with E-state index in [1.54, 1.807) is 49.9 Å². The summed E-state index contributed by atoms with van der Waals surface area (Å²) in [6.45, 7) is 1.04. The molecule has 52 heavy (non-hydrogen) atoms. The van der Waals surface area contributed by atoms with Gasteiger partial charge < -0.3 is 40.5 Å². The number of rotatable bonds is 15. The van der Waals surface area contributed by atoms with E-state index in [-0.39, 0.29) is 116 Å². The first-order chi connectivity index (χ1) is 23.8. The van der Waals surface area contributed by atoms with Crippen molar-refractivity contribution in [1.82, 2.24) is 24.9 Å². The maximum atomic E-state index is 13.2. The number of hydrogen-bond acceptors (Lipinski definition) is 12. The molecule has 1 aliphatic rings. The molecule has 282 valence electrons. The molecule has 0 aromatic heterocycles. The van der Waals surface area contributed by atoms with Gasteiger partial charge in [0.1, 0.15) is 12.3 Å². The van der Waals surface area contributed by atoms with Gasteiger partial charge in [-0.1, -0.05) is 36.4 Å². The number of carboxylic acids is 3. The Morgan fingerprint density at radius 2 is 1.40 bits per heavy atom. The largest absolute Gasteiger partial charge is 3.00 e. The van der Waals surface area contributed by atoms with Crippen molar-refractivity contribution in [3.8, 4) is 0 Å². The minimum atomic E-state index is -4.50. The first kappa shape index (κ1) is 46.2. The van der Waals surface area contributed by atoms with Crippen LogP contribution in [0.2, 0.25) is 0 Å². The third kappa shape index (κ3) is 15.8. The molecule has 1 saturated heterocycles. The van der Waals surface area contributed by atoms with Crippen molar-refractivity contribution >= 4 is 49.9 Å². The third-order valence-electron chi connectivity index (χ3n) is 8.49. The molecule has 18 heteroatoms. The number of carbonyl (C=O) groups excluding carboxylic acids is 4. The molecule has 3 rings (SSSR count). The van der Waals surface area contributed by atoms with Gasteiger partial charge in [0.2, 0.25) is 0 Å². The quantitative estimate of drug-likeness (QED) is 0.121. The van der Waals surface area contributed by atoms with Gasteiger partial charge in [-0.2, -0.15) is 13.2 Å². The van der Waals surface area contributed by atoms with E-state index < -0.39 is 48.1 Å². The summed E-state index contributed by atoms with van der Waals surface area (Å²) in [5.41, 5.74) is 0.403. The van der Waals surface area contributed by atoms with E-state index >= 15 is 0 Å². The number of halogens is 3. The molecule has 2 aromatic carbocycles. The molecule has 1 aliphatic heterocycles. The van der Waals surface area contributed by atoms with Crippen LogP contribution in [0.1, 0.15) is 39.9 Å². The predicted molar refractivity (Wildman–Crippen MR) is 178 cm³/mol. The normalized spacial score (nSPS) is 16.2. The van der Waals surface area contributed by atoms with Crippen molar-refractivity contribution in [3.05, 3.63) is 70.8 Å². The second-order valence-corrected chi connectivity index (χ2v) is 12.1. The zero-order valence-electron chi connectivity index (χ0n) is 28.6. The SMILES string of the molecule is O=CCN1CCN(CC(=O)[O-])CCN(CC(=O)[O-])CCN(C(CCCNC(=O)c2ccccc2Cc2cccc(C(F)(F)F)c2)C(=O)O)CC1.[Ga+3].[OH-]. The number of carbonyl (C=O) groups is 5. The van der Waals surface area contributed by atoms with Crippen molar-refractivity contribution < 1.29 is 57.9 Å². The van der Waals surface area contributed by atoms with E-state index in [0.29, 0.717) is 24.0 Å². The molecule has 1 atom stereocenters. The van der Waals surface area contributed by atoms with Gasteiger partial charge >= 0.3 is 31.9 Å². The number of nitrogens with one attached hydrogen (secondary N) is 1. The van der Waals surface area contributed by atoms with Crippen LogP contribution in [0.4, 0.5) is 13.2 Å². The monoisotopic (exact) mass is 791 g/mol. The Morgan fingerprint density at radius 1 is 0.846 bits per heavy atom. The van der Waals surface area contributed by atoms with Crippen LogP contribution in [0.25, 0.3) is 0 Å². The second-order valence-electron chi connectivity index (χ2n) is 12.1. The zero-order chi connectivity index (χ0) is 36.7. The molecule has 2 aromatic rings. The number of aliphatic carboxylic acids is 3. The summed E-state index contributed by atoms with van der Waals surface area (Å²) in [4.78, 5) is 66.3. The Balaban J connectivity index is 0.00000676. The van der Waals surface area contributed by atoms with Crippen molar-refractivity contribution in [2.75, 3.05) is 78.5 Å². The molecule has 3 N–H and O–H groups in total. The summed E-state index contributed by atoms with van der Waals surface area (Å²) in [6, 6.07) is 10.4. The molecule has 0 radical (unpaired) electrons. The number of hydrogen-bond donors (Lipinski definition) is 2. The Labute approximate surface area is 312 Å². The van der Waals surface area contributed by atoms with Crippen LogP contribution in [0.5, 0.6) is 0 Å². The Bertz CT molecular complexity index is 1470. The number of benzene rings is 2. The van der Waals surface area contributed by atoms with Crippen LogP contribution in [-0.4, -0.2) is 165 Å². The predicted octanol–water partition coefficient (Wildman–Crippen LogP) is -1.38. The standard InChI is InChI=1S/C34H44F3N5O8.Ga.H2O/c35-34(36,37)27-7-3-5-25(22-27)21-26-6-1-2-8-28(26)32(48)38-10-4-9-29(33(49)50)42-17-15-39(19-20-43)11-12-40(23-30(44)45)13-14-41(16-18-42)24-31(46)47;;/h1-3,5-8,20,22,29H,4,9-19,21,23-24H2,(H,38,48)(H,44,45)(H,46,47)(H,49,50);;1H2/q;+3;/p-3. The number of aldehydes is 1. The van der Waals surface area contributed by atoms with E-state index in [1.807, 2.05) is 0 Å². The van der Waals surface area contributed by atoms with Gasteiger partial charge in [-0.05, 0) is 42.5 Å². The minimum Gasteiger partial charge on any atom is -0.870 e. The fraction of sp³-hybridized carbons (Fsp3) is 0.500. The van der Waals surface area contributed by atoms with Gasteiger partial charge in [-0.25, -0.2) is 0 Å². The van der Waals surface area contributed by atoms with Crippen molar-refractivity contribution in [1.29, 1.82) is 0 Å². The van der Waals surface area contributed by atoms with E-state index in [1.165, 1.54) is 6.07 Å². The van der Waals surface area contributed by atoms with E-state index in [2.05, 4.69) is 5.32 Å². The summed E-state index contributed by atoms with van der Waals surface area (Å²) in [7, 11) is 0. The van der Waals surface area contributed by atoms with Crippen LogP contribution in [0.15, 0.2) is 48.5 Å². The van der Waals surface area contributed by atoms with Crippen LogP contribution in [0, 0.1) is 0 Å². The van der Waals surface area contributed by atoms with Crippen molar-refractivity contribution in [3.63, 3.8) is 0 Å². The third-order valence-corrected chi connectivity index (χ3v) is 8.49. The first-order valence-corrected chi connectivity index (χ1v) is 16.3. The fourth-order valence-corrected chi connectivity index (χ4v) is 5.86. The van der Waals surface area contributed by atoms with E-state index in [4.69, 9.17) is 0 Å². The molecule has 1 amide bonds. The van der Waals surface area contributed by atoms with Crippen LogP contribution >= 0.6 is 0 Å². The number of nitrogens with zero attached hydrogens (tertiary/aromatic N) is 4. The van der Waals surface area contributed by atoms with Crippen molar-refractivity contribution in [2.45, 2.75) is 31.5 Å². The van der Waals surface area contributed by atoms with Gasteiger partial charge in [-0.15, -0.1) is 0 Å². The molecule has 0 aliphatic carbocycles. The van der Waals surface area contributed by atoms with Crippen LogP contribution in [-0.2, 0) is 31.8 Å². The molecular weight excluding hydrogens is 749 g/mol. The van der Waals surface area contributed by atoms with Crippen LogP contribution < -0.4 is 15.5 Å². The molecule has 0 bridgehead atoms. The average Bonchev–Trinajstić information content (AvgIpc) is 3.04. The maximum absolute atomic E-state index is 13.2. The summed E-state index contributed by atoms with van der Waals surface area (Å²) in [5, 5.41) is 35.7. The molecule has 1 heterocycles. The summed E-state index contributed by atoms with van der Waals surface area (Å²) in [5.74, 6) is -4.21. The number of amides is 1. The molecular formula is C34H43F3GaN5O9. The summed E-state index contributed by atoms with van der Waals surface area (Å²) in [6.07, 6.45) is -3.33. The fourth-order valence-electron chi connectivity index (χ4n) is 5.86. The smallest absolute Gasteiger partial charge is 0.870 e. The van der Waals surface area contributed by atoms with Gasteiger partial charge in [-0.3, -0.25) is 29.2 Å². The Morgan fingerprint density at radius 3 is 1.96 bits per heavy atom. The van der Waals surface area contributed by atoms with Crippen LogP contribution in [0.3, 0.4) is 0 Å². The molecule has 1 fully saturated rings. The minimum absolute atomic E-state index is 0. The maximum Gasteiger partial charge on any atom is 3.00 e. The van der Waals surface area contributed by atoms with Gasteiger partial charge in [0, 0.05) is 77.6 Å². The first-order valence-electron chi connectivity index (χ1n) is 16.3. The Kier molecular flexibility index (Phi) is 20.5. The zero-order valence-corrected chi connectivity index (χ0v) is 31.1. The van der Waals surface area contributed by atoms with Gasteiger partial charge in [0.05, 0.1) is 24.0 Å².